The van der Waals surface area contributed by atoms with Gasteiger partial charge in [0.1, 0.15) is 0 Å². The molecule has 0 bridgehead atoms. The van der Waals surface area contributed by atoms with E-state index < -0.39 is 0 Å². The molecule has 1 aliphatic carbocycles. The maximum atomic E-state index is 11.7. The number of nitrogens with zero attached hydrogens (tertiary/aromatic N) is 4. The van der Waals surface area contributed by atoms with E-state index >= 15 is 0 Å². The molecule has 0 atom stereocenters. The molecule has 0 aliphatic heterocycles. The third-order valence-electron chi connectivity index (χ3n) is 3.01. The van der Waals surface area contributed by atoms with Crippen LogP contribution >= 0.6 is 0 Å². The van der Waals surface area contributed by atoms with Crippen molar-refractivity contribution in [1.82, 2.24) is 25.2 Å². The Labute approximate surface area is 110 Å². The molecule has 7 nitrogen and oxygen atoms in total. The van der Waals surface area contributed by atoms with Gasteiger partial charge in [-0.2, -0.15) is 10.1 Å². The number of carbonyl (C=O) groups is 1. The SMILES string of the molecule is Cn1cc(C(=O)NCCc2noc(C3CC3)n2)cn1. The smallest absolute Gasteiger partial charge is 0.254 e. The van der Waals surface area contributed by atoms with Crippen molar-refractivity contribution in [1.29, 1.82) is 0 Å². The Bertz CT molecular complexity index is 584. The van der Waals surface area contributed by atoms with Crippen LogP contribution in [-0.2, 0) is 13.5 Å². The molecular formula is C12H15N5O2. The van der Waals surface area contributed by atoms with Gasteiger partial charge >= 0.3 is 0 Å². The van der Waals surface area contributed by atoms with Crippen LogP contribution in [0.3, 0.4) is 0 Å². The summed E-state index contributed by atoms with van der Waals surface area (Å²) in [5.41, 5.74) is 0.550. The predicted octanol–water partition coefficient (Wildman–Crippen LogP) is 0.653. The van der Waals surface area contributed by atoms with Crippen molar-refractivity contribution in [2.45, 2.75) is 25.2 Å². The van der Waals surface area contributed by atoms with E-state index in [-0.39, 0.29) is 5.91 Å². The average molecular weight is 261 g/mol. The quantitative estimate of drug-likeness (QED) is 0.854. The summed E-state index contributed by atoms with van der Waals surface area (Å²) in [7, 11) is 1.77. The number of carbonyl (C=O) groups excluding carboxylic acids is 1. The summed E-state index contributed by atoms with van der Waals surface area (Å²) in [6.07, 6.45) is 6.06. The molecule has 0 radical (unpaired) electrons. The van der Waals surface area contributed by atoms with Crippen molar-refractivity contribution in [2.75, 3.05) is 6.54 Å². The first kappa shape index (κ1) is 11.9. The molecule has 0 saturated heterocycles. The van der Waals surface area contributed by atoms with Crippen LogP contribution in [0.4, 0.5) is 0 Å². The van der Waals surface area contributed by atoms with Gasteiger partial charge in [-0.1, -0.05) is 5.16 Å². The second-order valence-corrected chi connectivity index (χ2v) is 4.73. The summed E-state index contributed by atoms with van der Waals surface area (Å²) in [6, 6.07) is 0. The molecule has 19 heavy (non-hydrogen) atoms. The summed E-state index contributed by atoms with van der Waals surface area (Å²) in [5, 5.41) is 10.6. The van der Waals surface area contributed by atoms with E-state index in [2.05, 4.69) is 20.6 Å². The van der Waals surface area contributed by atoms with Gasteiger partial charge in [0.2, 0.25) is 5.89 Å². The molecule has 2 heterocycles. The molecular weight excluding hydrogens is 246 g/mol. The van der Waals surface area contributed by atoms with Crippen molar-refractivity contribution in [3.05, 3.63) is 29.7 Å². The van der Waals surface area contributed by atoms with E-state index in [9.17, 15) is 4.79 Å². The van der Waals surface area contributed by atoms with Crippen LogP contribution in [0, 0.1) is 0 Å². The largest absolute Gasteiger partial charge is 0.351 e. The molecule has 0 spiro atoms. The van der Waals surface area contributed by atoms with Gasteiger partial charge in [0.05, 0.1) is 11.8 Å². The van der Waals surface area contributed by atoms with E-state index in [0.29, 0.717) is 30.3 Å². The van der Waals surface area contributed by atoms with E-state index in [1.54, 1.807) is 17.9 Å². The van der Waals surface area contributed by atoms with Gasteiger partial charge in [-0.05, 0) is 12.8 Å². The number of aryl methyl sites for hydroxylation is 1. The van der Waals surface area contributed by atoms with Gasteiger partial charge in [0, 0.05) is 32.1 Å². The van der Waals surface area contributed by atoms with E-state index in [1.165, 1.54) is 6.20 Å². The normalized spacial score (nSPS) is 14.6. The maximum Gasteiger partial charge on any atom is 0.254 e. The standard InChI is InChI=1S/C12H15N5O2/c1-17-7-9(6-14-17)11(18)13-5-4-10-15-12(19-16-10)8-2-3-8/h6-8H,2-5H2,1H3,(H,13,18). The van der Waals surface area contributed by atoms with Crippen LogP contribution in [0.2, 0.25) is 0 Å². The van der Waals surface area contributed by atoms with Gasteiger partial charge in [-0.25, -0.2) is 0 Å². The number of aromatic nitrogens is 4. The maximum absolute atomic E-state index is 11.7. The Hall–Kier alpha value is -2.18. The van der Waals surface area contributed by atoms with Crippen LogP contribution in [0.15, 0.2) is 16.9 Å². The Morgan fingerprint density at radius 2 is 2.42 bits per heavy atom. The minimum absolute atomic E-state index is 0.140. The van der Waals surface area contributed by atoms with Crippen molar-refractivity contribution in [3.8, 4) is 0 Å². The average Bonchev–Trinajstić information content (AvgIpc) is 2.98. The lowest BCUT2D eigenvalue weighted by Gasteiger charge is -2.00. The van der Waals surface area contributed by atoms with Gasteiger partial charge in [-0.3, -0.25) is 9.48 Å². The number of amides is 1. The fourth-order valence-corrected chi connectivity index (χ4v) is 1.79. The Morgan fingerprint density at radius 3 is 3.11 bits per heavy atom. The van der Waals surface area contributed by atoms with Gasteiger partial charge in [-0.15, -0.1) is 0 Å². The van der Waals surface area contributed by atoms with Crippen molar-refractivity contribution in [3.63, 3.8) is 0 Å². The second kappa shape index (κ2) is 4.83. The zero-order valence-electron chi connectivity index (χ0n) is 10.7. The summed E-state index contributed by atoms with van der Waals surface area (Å²) in [5.74, 6) is 1.70. The highest BCUT2D eigenvalue weighted by atomic mass is 16.5. The first-order valence-electron chi connectivity index (χ1n) is 6.31. The Kier molecular flexibility index (Phi) is 3.02. The summed E-state index contributed by atoms with van der Waals surface area (Å²) in [6.45, 7) is 0.483. The van der Waals surface area contributed by atoms with Gasteiger partial charge < -0.3 is 9.84 Å². The highest BCUT2D eigenvalue weighted by Crippen LogP contribution is 2.38. The summed E-state index contributed by atoms with van der Waals surface area (Å²) in [4.78, 5) is 16.0. The fraction of sp³-hybridized carbons (Fsp3) is 0.500. The highest BCUT2D eigenvalue weighted by molar-refractivity contribution is 5.93. The lowest BCUT2D eigenvalue weighted by atomic mass is 10.3. The summed E-state index contributed by atoms with van der Waals surface area (Å²) >= 11 is 0. The molecule has 0 aromatic carbocycles. The molecule has 0 unspecified atom stereocenters. The number of nitrogens with one attached hydrogen (secondary N) is 1. The van der Waals surface area contributed by atoms with E-state index in [0.717, 1.165) is 18.7 Å². The molecule has 1 fully saturated rings. The van der Waals surface area contributed by atoms with E-state index in [4.69, 9.17) is 4.52 Å². The van der Waals surface area contributed by atoms with Gasteiger partial charge in [0.15, 0.2) is 5.82 Å². The first-order chi connectivity index (χ1) is 9.22. The summed E-state index contributed by atoms with van der Waals surface area (Å²) < 4.78 is 6.74. The zero-order chi connectivity index (χ0) is 13.2. The third-order valence-corrected chi connectivity index (χ3v) is 3.01. The molecule has 1 saturated carbocycles. The van der Waals surface area contributed by atoms with Crippen LogP contribution in [0.1, 0.15) is 40.8 Å². The predicted molar refractivity (Wildman–Crippen MR) is 65.5 cm³/mol. The Morgan fingerprint density at radius 1 is 1.58 bits per heavy atom. The lowest BCUT2D eigenvalue weighted by Crippen LogP contribution is -2.25. The Balaban J connectivity index is 1.48. The second-order valence-electron chi connectivity index (χ2n) is 4.73. The van der Waals surface area contributed by atoms with Crippen molar-refractivity contribution in [2.24, 2.45) is 7.05 Å². The van der Waals surface area contributed by atoms with Crippen LogP contribution in [0.5, 0.6) is 0 Å². The molecule has 100 valence electrons. The van der Waals surface area contributed by atoms with E-state index in [1.807, 2.05) is 0 Å². The number of hydrogen-bond acceptors (Lipinski definition) is 5. The van der Waals surface area contributed by atoms with Crippen LogP contribution in [0.25, 0.3) is 0 Å². The zero-order valence-corrected chi connectivity index (χ0v) is 10.7. The molecule has 1 N–H and O–H groups in total. The number of rotatable bonds is 5. The molecule has 3 rings (SSSR count). The molecule has 2 aromatic rings. The van der Waals surface area contributed by atoms with Crippen LogP contribution in [-0.4, -0.2) is 32.4 Å². The minimum Gasteiger partial charge on any atom is -0.351 e. The van der Waals surface area contributed by atoms with Crippen molar-refractivity contribution >= 4 is 5.91 Å². The minimum atomic E-state index is -0.140. The van der Waals surface area contributed by atoms with Gasteiger partial charge in [0.25, 0.3) is 5.91 Å². The molecule has 2 aromatic heterocycles. The molecule has 7 heteroatoms. The van der Waals surface area contributed by atoms with Crippen LogP contribution < -0.4 is 5.32 Å². The third kappa shape index (κ3) is 2.81. The fourth-order valence-electron chi connectivity index (χ4n) is 1.79. The number of hydrogen-bond donors (Lipinski definition) is 1. The lowest BCUT2D eigenvalue weighted by molar-refractivity contribution is 0.0954. The first-order valence-corrected chi connectivity index (χ1v) is 6.31. The topological polar surface area (TPSA) is 85.8 Å². The highest BCUT2D eigenvalue weighted by Gasteiger charge is 2.29. The molecule has 1 amide bonds. The monoisotopic (exact) mass is 261 g/mol. The molecule has 1 aliphatic rings. The van der Waals surface area contributed by atoms with Crippen molar-refractivity contribution < 1.29 is 9.32 Å².